The zero-order valence-electron chi connectivity index (χ0n) is 18.5. The first-order chi connectivity index (χ1) is 15.1. The van der Waals surface area contributed by atoms with Crippen molar-refractivity contribution in [3.8, 4) is 5.75 Å². The molecule has 0 aromatic heterocycles. The molecule has 0 aliphatic carbocycles. The summed E-state index contributed by atoms with van der Waals surface area (Å²) in [6, 6.07) is 15.0. The van der Waals surface area contributed by atoms with E-state index >= 15 is 0 Å². The Morgan fingerprint density at radius 3 is 2.68 bits per heavy atom. The lowest BCUT2D eigenvalue weighted by molar-refractivity contribution is 0.157. The van der Waals surface area contributed by atoms with E-state index in [2.05, 4.69) is 22.9 Å². The van der Waals surface area contributed by atoms with E-state index < -0.39 is 15.7 Å². The molecule has 0 saturated carbocycles. The molecule has 3 unspecified atom stereocenters. The molecule has 1 aliphatic heterocycles. The highest BCUT2D eigenvalue weighted by atomic mass is 79.9. The van der Waals surface area contributed by atoms with Crippen molar-refractivity contribution in [1.82, 2.24) is 5.06 Å². The predicted molar refractivity (Wildman–Crippen MR) is 132 cm³/mol. The molecular formula is C25H33BrNO3S-. The molecule has 0 spiro atoms. The number of hydroxylamine groups is 2. The zero-order valence-corrected chi connectivity index (χ0v) is 20.9. The topological polar surface area (TPSA) is 52.6 Å². The standard InChI is InChI=1S/C25H33BrNO3S/c1-3-4-5-8-16-25(21-12-11-13-22(19-21)30-18-10-9-17-26)27(28)20(2)23-14-6-7-15-24(23)31(25)29/h6-7,11-15,19-20H,3-5,8-10,16-18H2,1-2H3/q-1. The van der Waals surface area contributed by atoms with Crippen LogP contribution in [0.15, 0.2) is 53.4 Å². The number of hydrogen-bond donors (Lipinski definition) is 0. The van der Waals surface area contributed by atoms with E-state index in [-0.39, 0.29) is 6.04 Å². The van der Waals surface area contributed by atoms with Gasteiger partial charge >= 0.3 is 0 Å². The smallest absolute Gasteiger partial charge is 0.119 e. The minimum Gasteiger partial charge on any atom is -0.783 e. The average Bonchev–Trinajstić information content (AvgIpc) is 2.80. The molecule has 3 rings (SSSR count). The SMILES string of the molecule is CCCCCCC1(c2cccc(OCCCCBr)c2)N([O-])C(C)c2ccccc2S1=O. The number of ether oxygens (including phenoxy) is 1. The number of benzene rings is 2. The molecule has 1 heterocycles. The van der Waals surface area contributed by atoms with Crippen LogP contribution in [0, 0.1) is 5.21 Å². The summed E-state index contributed by atoms with van der Waals surface area (Å²) >= 11 is 3.44. The van der Waals surface area contributed by atoms with E-state index in [1.165, 1.54) is 0 Å². The third-order valence-corrected chi connectivity index (χ3v) is 8.60. The Labute approximate surface area is 197 Å². The van der Waals surface area contributed by atoms with Gasteiger partial charge in [0.05, 0.1) is 17.4 Å². The Bertz CT molecular complexity index is 877. The lowest BCUT2D eigenvalue weighted by atomic mass is 9.95. The largest absolute Gasteiger partial charge is 0.783 e. The van der Waals surface area contributed by atoms with Crippen LogP contribution < -0.4 is 4.74 Å². The molecule has 1 aliphatic rings. The minimum absolute atomic E-state index is 0.358. The number of nitrogens with zero attached hydrogens (tertiary/aromatic N) is 1. The fourth-order valence-corrected chi connectivity index (χ4v) is 6.69. The summed E-state index contributed by atoms with van der Waals surface area (Å²) in [7, 11) is -1.48. The summed E-state index contributed by atoms with van der Waals surface area (Å²) in [6.45, 7) is 4.72. The Morgan fingerprint density at radius 1 is 1.10 bits per heavy atom. The molecule has 0 N–H and O–H groups in total. The Balaban J connectivity index is 1.99. The number of fused-ring (bicyclic) bond motifs is 1. The number of unbranched alkanes of at least 4 members (excludes halogenated alkanes) is 4. The van der Waals surface area contributed by atoms with Crippen LogP contribution >= 0.6 is 15.9 Å². The van der Waals surface area contributed by atoms with Gasteiger partial charge in [-0.25, -0.2) is 0 Å². The van der Waals surface area contributed by atoms with Gasteiger partial charge in [0.1, 0.15) is 10.6 Å². The first-order valence-corrected chi connectivity index (χ1v) is 13.6. The highest BCUT2D eigenvalue weighted by molar-refractivity contribution is 9.09. The highest BCUT2D eigenvalue weighted by Gasteiger charge is 2.46. The highest BCUT2D eigenvalue weighted by Crippen LogP contribution is 2.49. The second-order valence-corrected chi connectivity index (χ2v) is 10.6. The van der Waals surface area contributed by atoms with E-state index in [1.807, 2.05) is 55.5 Å². The van der Waals surface area contributed by atoms with Crippen molar-refractivity contribution in [2.24, 2.45) is 0 Å². The van der Waals surface area contributed by atoms with E-state index in [4.69, 9.17) is 4.74 Å². The first kappa shape index (κ1) is 24.4. The molecule has 4 nitrogen and oxygen atoms in total. The molecule has 3 atom stereocenters. The van der Waals surface area contributed by atoms with Gasteiger partial charge in [0.15, 0.2) is 0 Å². The number of hydrogen-bond acceptors (Lipinski definition) is 4. The fourth-order valence-electron chi connectivity index (χ4n) is 4.29. The zero-order chi connectivity index (χ0) is 22.3. The number of alkyl halides is 1. The summed E-state index contributed by atoms with van der Waals surface area (Å²) in [5, 5.41) is 15.8. The van der Waals surface area contributed by atoms with Gasteiger partial charge in [-0.2, -0.15) is 0 Å². The lowest BCUT2D eigenvalue weighted by Crippen LogP contribution is -2.50. The first-order valence-electron chi connectivity index (χ1n) is 11.3. The van der Waals surface area contributed by atoms with Crippen molar-refractivity contribution in [1.29, 1.82) is 0 Å². The van der Waals surface area contributed by atoms with Crippen molar-refractivity contribution in [2.45, 2.75) is 74.6 Å². The van der Waals surface area contributed by atoms with Crippen LogP contribution in [0.2, 0.25) is 0 Å². The van der Waals surface area contributed by atoms with E-state index in [1.54, 1.807) is 0 Å². The Kier molecular flexibility index (Phi) is 9.14. The minimum atomic E-state index is -1.48. The second kappa shape index (κ2) is 11.6. The molecule has 170 valence electrons. The maximum absolute atomic E-state index is 14.0. The fraction of sp³-hybridized carbons (Fsp3) is 0.520. The van der Waals surface area contributed by atoms with Gasteiger partial charge in [-0.05, 0) is 55.5 Å². The van der Waals surface area contributed by atoms with Crippen molar-refractivity contribution in [3.05, 3.63) is 64.9 Å². The van der Waals surface area contributed by atoms with E-state index in [0.29, 0.717) is 13.0 Å². The van der Waals surface area contributed by atoms with Crippen LogP contribution in [0.5, 0.6) is 5.75 Å². The van der Waals surface area contributed by atoms with Gasteiger partial charge in [-0.3, -0.25) is 4.21 Å². The van der Waals surface area contributed by atoms with Gasteiger partial charge in [-0.1, -0.05) is 78.9 Å². The van der Waals surface area contributed by atoms with Gasteiger partial charge < -0.3 is 15.0 Å². The van der Waals surface area contributed by atoms with Crippen molar-refractivity contribution in [3.63, 3.8) is 0 Å². The van der Waals surface area contributed by atoms with E-state index in [9.17, 15) is 9.42 Å². The summed E-state index contributed by atoms with van der Waals surface area (Å²) in [4.78, 5) is -0.322. The average molecular weight is 508 g/mol. The molecule has 0 fully saturated rings. The number of rotatable bonds is 11. The van der Waals surface area contributed by atoms with Crippen LogP contribution in [0.1, 0.15) is 76.0 Å². The molecule has 0 amide bonds. The Hall–Kier alpha value is -1.21. The normalized spacial score (nSPS) is 23.5. The van der Waals surface area contributed by atoms with Crippen LogP contribution in [0.4, 0.5) is 0 Å². The molecule has 0 saturated heterocycles. The van der Waals surface area contributed by atoms with Crippen molar-refractivity contribution in [2.75, 3.05) is 11.9 Å². The summed E-state index contributed by atoms with van der Waals surface area (Å²) in [5.74, 6) is 0.733. The van der Waals surface area contributed by atoms with Crippen molar-refractivity contribution < 1.29 is 8.95 Å². The monoisotopic (exact) mass is 506 g/mol. The van der Waals surface area contributed by atoms with Crippen LogP contribution in [-0.4, -0.2) is 21.2 Å². The third-order valence-electron chi connectivity index (χ3n) is 6.03. The second-order valence-electron chi connectivity index (χ2n) is 8.18. The summed E-state index contributed by atoms with van der Waals surface area (Å²) < 4.78 is 19.9. The molecule has 0 bridgehead atoms. The Morgan fingerprint density at radius 2 is 1.90 bits per heavy atom. The maximum Gasteiger partial charge on any atom is 0.119 e. The van der Waals surface area contributed by atoms with Crippen LogP contribution in [0.25, 0.3) is 0 Å². The van der Waals surface area contributed by atoms with Gasteiger partial charge in [0, 0.05) is 16.3 Å². The van der Waals surface area contributed by atoms with Crippen LogP contribution in [-0.2, 0) is 15.7 Å². The third kappa shape index (κ3) is 5.24. The quantitative estimate of drug-likeness (QED) is 0.242. The molecule has 0 radical (unpaired) electrons. The summed E-state index contributed by atoms with van der Waals surface area (Å²) in [5.41, 5.74) is 1.65. The number of halogens is 1. The molecule has 31 heavy (non-hydrogen) atoms. The molecule has 2 aromatic carbocycles. The van der Waals surface area contributed by atoms with Gasteiger partial charge in [0.25, 0.3) is 0 Å². The molecule has 2 aromatic rings. The van der Waals surface area contributed by atoms with E-state index in [0.717, 1.165) is 70.7 Å². The lowest BCUT2D eigenvalue weighted by Gasteiger charge is -2.55. The maximum atomic E-state index is 14.0. The molecule has 6 heteroatoms. The molecular weight excluding hydrogens is 474 g/mol. The predicted octanol–water partition coefficient (Wildman–Crippen LogP) is 7.05. The van der Waals surface area contributed by atoms with Crippen molar-refractivity contribution >= 4 is 26.7 Å². The van der Waals surface area contributed by atoms with Gasteiger partial charge in [-0.15, -0.1) is 0 Å². The summed E-state index contributed by atoms with van der Waals surface area (Å²) in [6.07, 6.45) is 6.70. The van der Waals surface area contributed by atoms with Crippen LogP contribution in [0.3, 0.4) is 0 Å². The van der Waals surface area contributed by atoms with Gasteiger partial charge in [0.2, 0.25) is 0 Å².